The number of benzene rings is 2. The molecule has 0 spiro atoms. The standard InChI is InChI=1S/C26H37N3O5S/c1-6-8-16-27-26(31)20(3)28(18-21-12-11-14-23(17-21)34-4)25(30)19-29(35(5,32)33)24-15-10-9-13-22(24)7-2/h9-15,17,20H,6-8,16,18-19H2,1-5H3,(H,27,31)/t20-/m0/s1. The number of anilines is 1. The van der Waals surface area contributed by atoms with Gasteiger partial charge in [-0.2, -0.15) is 0 Å². The Hall–Kier alpha value is -3.07. The van der Waals surface area contributed by atoms with Crippen LogP contribution in [-0.4, -0.2) is 57.6 Å². The van der Waals surface area contributed by atoms with Gasteiger partial charge < -0.3 is 15.0 Å². The number of hydrogen-bond donors (Lipinski definition) is 1. The number of carbonyl (C=O) groups excluding carboxylic acids is 2. The molecule has 0 saturated heterocycles. The Bertz CT molecular complexity index is 1100. The number of aryl methyl sites for hydroxylation is 1. The summed E-state index contributed by atoms with van der Waals surface area (Å²) >= 11 is 0. The molecule has 1 N–H and O–H groups in total. The van der Waals surface area contributed by atoms with E-state index >= 15 is 0 Å². The molecule has 2 aromatic carbocycles. The molecule has 0 radical (unpaired) electrons. The summed E-state index contributed by atoms with van der Waals surface area (Å²) in [6.07, 6.45) is 3.46. The van der Waals surface area contributed by atoms with Crippen LogP contribution >= 0.6 is 0 Å². The molecular formula is C26H37N3O5S. The van der Waals surface area contributed by atoms with Crippen molar-refractivity contribution in [3.05, 3.63) is 59.7 Å². The Labute approximate surface area is 209 Å². The number of rotatable bonds is 13. The second-order valence-electron chi connectivity index (χ2n) is 8.45. The van der Waals surface area contributed by atoms with Crippen LogP contribution < -0.4 is 14.4 Å². The maximum absolute atomic E-state index is 13.6. The molecule has 2 rings (SSSR count). The summed E-state index contributed by atoms with van der Waals surface area (Å²) in [7, 11) is -2.20. The third-order valence-electron chi connectivity index (χ3n) is 5.80. The van der Waals surface area contributed by atoms with Crippen molar-refractivity contribution in [2.24, 2.45) is 0 Å². The molecule has 0 aromatic heterocycles. The lowest BCUT2D eigenvalue weighted by Gasteiger charge is -2.32. The van der Waals surface area contributed by atoms with Crippen molar-refractivity contribution in [1.29, 1.82) is 0 Å². The van der Waals surface area contributed by atoms with Crippen LogP contribution in [0.15, 0.2) is 48.5 Å². The molecule has 0 aliphatic carbocycles. The fourth-order valence-electron chi connectivity index (χ4n) is 3.73. The lowest BCUT2D eigenvalue weighted by molar-refractivity contribution is -0.139. The minimum absolute atomic E-state index is 0.130. The SMILES string of the molecule is CCCCNC(=O)[C@H](C)N(Cc1cccc(OC)c1)C(=O)CN(c1ccccc1CC)S(C)(=O)=O. The largest absolute Gasteiger partial charge is 0.497 e. The second-order valence-corrected chi connectivity index (χ2v) is 10.4. The minimum Gasteiger partial charge on any atom is -0.497 e. The van der Waals surface area contributed by atoms with Crippen molar-refractivity contribution in [1.82, 2.24) is 10.2 Å². The fraction of sp³-hybridized carbons (Fsp3) is 0.462. The number of amides is 2. The molecule has 1 atom stereocenters. The van der Waals surface area contributed by atoms with E-state index in [-0.39, 0.29) is 12.5 Å². The quantitative estimate of drug-likeness (QED) is 0.423. The molecule has 0 bridgehead atoms. The van der Waals surface area contributed by atoms with Crippen LogP contribution in [0.5, 0.6) is 5.75 Å². The zero-order valence-corrected chi connectivity index (χ0v) is 22.1. The van der Waals surface area contributed by atoms with Gasteiger partial charge in [-0.15, -0.1) is 0 Å². The first-order valence-corrected chi connectivity index (χ1v) is 13.7. The molecule has 0 unspecified atom stereocenters. The number of methoxy groups -OCH3 is 1. The van der Waals surface area contributed by atoms with Crippen LogP contribution in [-0.2, 0) is 32.6 Å². The van der Waals surface area contributed by atoms with Gasteiger partial charge in [0.15, 0.2) is 0 Å². The third-order valence-corrected chi connectivity index (χ3v) is 6.93. The van der Waals surface area contributed by atoms with Gasteiger partial charge in [-0.3, -0.25) is 13.9 Å². The van der Waals surface area contributed by atoms with Gasteiger partial charge in [0.2, 0.25) is 21.8 Å². The predicted octanol–water partition coefficient (Wildman–Crippen LogP) is 3.36. The first kappa shape index (κ1) is 28.2. The smallest absolute Gasteiger partial charge is 0.244 e. The van der Waals surface area contributed by atoms with Gasteiger partial charge in [-0.1, -0.05) is 50.6 Å². The Balaban J connectivity index is 2.40. The van der Waals surface area contributed by atoms with E-state index in [1.807, 2.05) is 38.1 Å². The zero-order chi connectivity index (χ0) is 26.0. The maximum Gasteiger partial charge on any atom is 0.244 e. The van der Waals surface area contributed by atoms with E-state index in [2.05, 4.69) is 5.32 Å². The third kappa shape index (κ3) is 7.99. The number of hydrogen-bond acceptors (Lipinski definition) is 5. The number of ether oxygens (including phenoxy) is 1. The number of carbonyl (C=O) groups is 2. The molecule has 9 heteroatoms. The van der Waals surface area contributed by atoms with Gasteiger partial charge in [0.1, 0.15) is 18.3 Å². The molecule has 0 aliphatic heterocycles. The first-order chi connectivity index (χ1) is 16.6. The van der Waals surface area contributed by atoms with Gasteiger partial charge >= 0.3 is 0 Å². The highest BCUT2D eigenvalue weighted by Gasteiger charge is 2.30. The monoisotopic (exact) mass is 503 g/mol. The van der Waals surface area contributed by atoms with Gasteiger partial charge in [0.05, 0.1) is 19.1 Å². The van der Waals surface area contributed by atoms with E-state index in [9.17, 15) is 18.0 Å². The van der Waals surface area contributed by atoms with E-state index in [4.69, 9.17) is 4.74 Å². The molecule has 192 valence electrons. The molecule has 0 heterocycles. The lowest BCUT2D eigenvalue weighted by Crippen LogP contribution is -2.51. The summed E-state index contributed by atoms with van der Waals surface area (Å²) in [4.78, 5) is 27.9. The van der Waals surface area contributed by atoms with Crippen molar-refractivity contribution in [2.75, 3.05) is 30.8 Å². The van der Waals surface area contributed by atoms with Gasteiger partial charge in [-0.25, -0.2) is 8.42 Å². The van der Waals surface area contributed by atoms with Crippen LogP contribution in [0.2, 0.25) is 0 Å². The maximum atomic E-state index is 13.6. The van der Waals surface area contributed by atoms with Gasteiger partial charge in [-0.05, 0) is 49.1 Å². The number of unbranched alkanes of at least 4 members (excludes halogenated alkanes) is 1. The highest BCUT2D eigenvalue weighted by atomic mass is 32.2. The summed E-state index contributed by atoms with van der Waals surface area (Å²) in [6, 6.07) is 13.6. The van der Waals surface area contributed by atoms with E-state index in [1.165, 1.54) is 4.90 Å². The topological polar surface area (TPSA) is 96.0 Å². The number of para-hydroxylation sites is 1. The van der Waals surface area contributed by atoms with Crippen molar-refractivity contribution in [2.45, 2.75) is 52.6 Å². The summed E-state index contributed by atoms with van der Waals surface area (Å²) in [5.41, 5.74) is 2.05. The number of nitrogens with one attached hydrogen (secondary N) is 1. The minimum atomic E-state index is -3.76. The van der Waals surface area contributed by atoms with Crippen LogP contribution in [0.4, 0.5) is 5.69 Å². The summed E-state index contributed by atoms with van der Waals surface area (Å²) < 4.78 is 31.9. The van der Waals surface area contributed by atoms with E-state index in [0.29, 0.717) is 24.4 Å². The van der Waals surface area contributed by atoms with Crippen molar-refractivity contribution in [3.63, 3.8) is 0 Å². The van der Waals surface area contributed by atoms with E-state index in [0.717, 1.165) is 34.5 Å². The van der Waals surface area contributed by atoms with Gasteiger partial charge in [0.25, 0.3) is 0 Å². The summed E-state index contributed by atoms with van der Waals surface area (Å²) in [5.74, 6) is -0.124. The number of nitrogens with zero attached hydrogens (tertiary/aromatic N) is 2. The van der Waals surface area contributed by atoms with Crippen molar-refractivity contribution in [3.8, 4) is 5.75 Å². The molecule has 0 fully saturated rings. The predicted molar refractivity (Wildman–Crippen MR) is 139 cm³/mol. The molecule has 2 aromatic rings. The molecule has 0 aliphatic rings. The zero-order valence-electron chi connectivity index (χ0n) is 21.3. The Morgan fingerprint density at radius 2 is 1.80 bits per heavy atom. The molecule has 8 nitrogen and oxygen atoms in total. The number of sulfonamides is 1. The Morgan fingerprint density at radius 3 is 2.43 bits per heavy atom. The van der Waals surface area contributed by atoms with E-state index in [1.54, 1.807) is 38.3 Å². The Morgan fingerprint density at radius 1 is 1.09 bits per heavy atom. The average Bonchev–Trinajstić information content (AvgIpc) is 2.84. The highest BCUT2D eigenvalue weighted by molar-refractivity contribution is 7.92. The molecule has 0 saturated carbocycles. The fourth-order valence-corrected chi connectivity index (χ4v) is 4.61. The second kappa shape index (κ2) is 13.1. The lowest BCUT2D eigenvalue weighted by atomic mass is 10.1. The van der Waals surface area contributed by atoms with Crippen molar-refractivity contribution >= 4 is 27.5 Å². The molecule has 35 heavy (non-hydrogen) atoms. The van der Waals surface area contributed by atoms with Crippen LogP contribution in [0.25, 0.3) is 0 Å². The average molecular weight is 504 g/mol. The van der Waals surface area contributed by atoms with Gasteiger partial charge in [0, 0.05) is 13.1 Å². The van der Waals surface area contributed by atoms with E-state index < -0.39 is 28.5 Å². The molecule has 2 amide bonds. The van der Waals surface area contributed by atoms with Crippen molar-refractivity contribution < 1.29 is 22.7 Å². The van der Waals surface area contributed by atoms with Crippen LogP contribution in [0.3, 0.4) is 0 Å². The van der Waals surface area contributed by atoms with Crippen LogP contribution in [0.1, 0.15) is 44.7 Å². The Kier molecular flexibility index (Phi) is 10.6. The van der Waals surface area contributed by atoms with Crippen LogP contribution in [0, 0.1) is 0 Å². The normalized spacial score (nSPS) is 12.0. The summed E-state index contributed by atoms with van der Waals surface area (Å²) in [6.45, 7) is 5.85. The highest BCUT2D eigenvalue weighted by Crippen LogP contribution is 2.24. The summed E-state index contributed by atoms with van der Waals surface area (Å²) in [5, 5.41) is 2.87. The first-order valence-electron chi connectivity index (χ1n) is 11.9. The molecular weight excluding hydrogens is 466 g/mol.